The van der Waals surface area contributed by atoms with Gasteiger partial charge in [0, 0.05) is 22.3 Å². The van der Waals surface area contributed by atoms with Crippen molar-refractivity contribution in [3.63, 3.8) is 0 Å². The zero-order chi connectivity index (χ0) is 26.3. The summed E-state index contributed by atoms with van der Waals surface area (Å²) in [6, 6.07) is 10.2. The second kappa shape index (κ2) is 9.82. The van der Waals surface area contributed by atoms with Crippen molar-refractivity contribution in [1.29, 1.82) is 0 Å². The molecule has 1 N–H and O–H groups in total. The Morgan fingerprint density at radius 1 is 0.714 bits per heavy atom. The number of rotatable bonds is 5. The minimum atomic E-state index is -0.333. The Morgan fingerprint density at radius 2 is 1.20 bits per heavy atom. The van der Waals surface area contributed by atoms with Gasteiger partial charge in [-0.05, 0) is 85.0 Å². The first-order chi connectivity index (χ1) is 16.1. The number of phenols is 1. The summed E-state index contributed by atoms with van der Waals surface area (Å²) in [5, 5.41) is 11.6. The lowest BCUT2D eigenvalue weighted by molar-refractivity contribution is 0.447. The Bertz CT molecular complexity index is 1230. The number of hydrogen-bond acceptors (Lipinski definition) is 3. The molecule has 3 rings (SSSR count). The van der Waals surface area contributed by atoms with E-state index in [9.17, 15) is 9.50 Å². The molecule has 0 bridgehead atoms. The lowest BCUT2D eigenvalue weighted by Crippen LogP contribution is -2.15. The molecule has 0 fully saturated rings. The Balaban J connectivity index is 2.26. The standard InChI is InChI=1S/C30H38FO3P/c1-17-15-23(29(5,6)7)27(32)25(19(17)3)26-20(4)18(2)16-24(30(8,9)10)28(26)34-35-33-22-13-11-21(31)12-14-22/h11-16,32,35H,1-10H3. The van der Waals surface area contributed by atoms with Crippen LogP contribution in [0.1, 0.15) is 74.9 Å². The summed E-state index contributed by atoms with van der Waals surface area (Å²) in [5.41, 5.74) is 7.57. The van der Waals surface area contributed by atoms with E-state index < -0.39 is 0 Å². The monoisotopic (exact) mass is 496 g/mol. The second-order valence-electron chi connectivity index (χ2n) is 11.4. The number of benzene rings is 3. The third-order valence-corrected chi connectivity index (χ3v) is 7.21. The van der Waals surface area contributed by atoms with Crippen molar-refractivity contribution in [2.24, 2.45) is 0 Å². The molecule has 0 radical (unpaired) electrons. The van der Waals surface area contributed by atoms with Gasteiger partial charge >= 0.3 is 0 Å². The van der Waals surface area contributed by atoms with E-state index in [1.165, 1.54) is 12.1 Å². The molecule has 0 heterocycles. The molecule has 3 nitrogen and oxygen atoms in total. The molecular formula is C30H38FO3P. The summed E-state index contributed by atoms with van der Waals surface area (Å²) < 4.78 is 25.5. The van der Waals surface area contributed by atoms with Crippen LogP contribution in [0.15, 0.2) is 36.4 Å². The van der Waals surface area contributed by atoms with Gasteiger partial charge in [0.15, 0.2) is 0 Å². The third-order valence-electron chi connectivity index (χ3n) is 6.60. The molecule has 3 aromatic rings. The van der Waals surface area contributed by atoms with Crippen molar-refractivity contribution >= 4 is 9.03 Å². The third kappa shape index (κ3) is 5.64. The van der Waals surface area contributed by atoms with Crippen molar-refractivity contribution in [2.45, 2.75) is 80.1 Å². The molecule has 0 aliphatic carbocycles. The summed E-state index contributed by atoms with van der Waals surface area (Å²) in [6.07, 6.45) is 0. The van der Waals surface area contributed by atoms with E-state index in [0.717, 1.165) is 44.5 Å². The van der Waals surface area contributed by atoms with Gasteiger partial charge in [-0.2, -0.15) is 0 Å². The van der Waals surface area contributed by atoms with Crippen LogP contribution in [0, 0.1) is 33.5 Å². The summed E-state index contributed by atoms with van der Waals surface area (Å²) >= 11 is 0. The van der Waals surface area contributed by atoms with E-state index in [0.29, 0.717) is 17.2 Å². The molecule has 5 heteroatoms. The van der Waals surface area contributed by atoms with Crippen molar-refractivity contribution in [3.05, 3.63) is 75.6 Å². The molecule has 0 spiro atoms. The zero-order valence-electron chi connectivity index (χ0n) is 22.6. The smallest absolute Gasteiger partial charge is 0.275 e. The molecule has 35 heavy (non-hydrogen) atoms. The van der Waals surface area contributed by atoms with Gasteiger partial charge in [-0.15, -0.1) is 0 Å². The van der Waals surface area contributed by atoms with Gasteiger partial charge in [-0.3, -0.25) is 0 Å². The first-order valence-corrected chi connectivity index (χ1v) is 12.8. The molecule has 3 aromatic carbocycles. The van der Waals surface area contributed by atoms with Crippen molar-refractivity contribution in [3.8, 4) is 28.4 Å². The number of phenolic OH excluding ortho intramolecular Hbond substituents is 1. The Labute approximate surface area is 211 Å². The highest BCUT2D eigenvalue weighted by Crippen LogP contribution is 2.51. The van der Waals surface area contributed by atoms with E-state index in [1.807, 2.05) is 0 Å². The summed E-state index contributed by atoms with van der Waals surface area (Å²) in [5.74, 6) is 1.23. The van der Waals surface area contributed by atoms with Crippen LogP contribution >= 0.6 is 9.03 Å². The lowest BCUT2D eigenvalue weighted by Gasteiger charge is -2.30. The maximum Gasteiger partial charge on any atom is 0.275 e. The van der Waals surface area contributed by atoms with Crippen LogP contribution in [0.3, 0.4) is 0 Å². The van der Waals surface area contributed by atoms with E-state index in [1.54, 1.807) is 12.1 Å². The van der Waals surface area contributed by atoms with E-state index in [-0.39, 0.29) is 25.7 Å². The molecule has 0 aliphatic heterocycles. The van der Waals surface area contributed by atoms with Crippen LogP contribution in [0.5, 0.6) is 17.2 Å². The van der Waals surface area contributed by atoms with Crippen LogP contribution in [-0.2, 0) is 10.8 Å². The quantitative estimate of drug-likeness (QED) is 0.358. The average molecular weight is 497 g/mol. The van der Waals surface area contributed by atoms with Crippen molar-refractivity contribution < 1.29 is 18.5 Å². The van der Waals surface area contributed by atoms with Gasteiger partial charge in [0.1, 0.15) is 23.1 Å². The molecular weight excluding hydrogens is 458 g/mol. The highest BCUT2D eigenvalue weighted by atomic mass is 31.1. The van der Waals surface area contributed by atoms with Gasteiger partial charge in [-0.1, -0.05) is 53.7 Å². The largest absolute Gasteiger partial charge is 0.507 e. The fourth-order valence-corrected chi connectivity index (χ4v) is 4.82. The highest BCUT2D eigenvalue weighted by Gasteiger charge is 2.30. The zero-order valence-corrected chi connectivity index (χ0v) is 23.6. The minimum Gasteiger partial charge on any atom is -0.507 e. The number of aryl methyl sites for hydroxylation is 2. The second-order valence-corrected chi connectivity index (χ2v) is 12.0. The maximum absolute atomic E-state index is 13.3. The Hall–Kier alpha value is -2.58. The predicted octanol–water partition coefficient (Wildman–Crippen LogP) is 8.99. The first kappa shape index (κ1) is 27.0. The van der Waals surface area contributed by atoms with Crippen molar-refractivity contribution in [1.82, 2.24) is 0 Å². The van der Waals surface area contributed by atoms with Gasteiger partial charge in [0.25, 0.3) is 9.03 Å². The highest BCUT2D eigenvalue weighted by molar-refractivity contribution is 7.27. The lowest BCUT2D eigenvalue weighted by atomic mass is 9.78. The van der Waals surface area contributed by atoms with Crippen LogP contribution in [0.4, 0.5) is 4.39 Å². The molecule has 1 unspecified atom stereocenters. The number of halogens is 1. The van der Waals surface area contributed by atoms with Crippen molar-refractivity contribution in [2.75, 3.05) is 0 Å². The molecule has 0 aromatic heterocycles. The van der Waals surface area contributed by atoms with Crippen LogP contribution in [-0.4, -0.2) is 5.11 Å². The fourth-order valence-electron chi connectivity index (χ4n) is 4.25. The summed E-state index contributed by atoms with van der Waals surface area (Å²) in [6.45, 7) is 21.1. The van der Waals surface area contributed by atoms with E-state index in [2.05, 4.69) is 81.4 Å². The molecule has 1 atom stereocenters. The van der Waals surface area contributed by atoms with Gasteiger partial charge in [0.05, 0.1) is 0 Å². The van der Waals surface area contributed by atoms with Crippen LogP contribution in [0.2, 0.25) is 0 Å². The molecule has 0 saturated heterocycles. The Kier molecular flexibility index (Phi) is 7.58. The predicted molar refractivity (Wildman–Crippen MR) is 146 cm³/mol. The normalized spacial score (nSPS) is 12.4. The molecule has 0 amide bonds. The topological polar surface area (TPSA) is 38.7 Å². The Morgan fingerprint density at radius 3 is 1.71 bits per heavy atom. The number of hydrogen-bond donors (Lipinski definition) is 1. The van der Waals surface area contributed by atoms with Gasteiger partial charge in [0.2, 0.25) is 0 Å². The summed E-state index contributed by atoms with van der Waals surface area (Å²) in [4.78, 5) is 0. The minimum absolute atomic E-state index is 0.205. The van der Waals surface area contributed by atoms with Crippen LogP contribution in [0.25, 0.3) is 11.1 Å². The SMILES string of the molecule is Cc1cc(C(C)(C)C)c(O)c(-c2c(C)c(C)cc(C(C)(C)C)c2OPOc2ccc(F)cc2)c1C. The molecule has 0 saturated carbocycles. The molecule has 188 valence electrons. The van der Waals surface area contributed by atoms with Gasteiger partial charge in [-0.25, -0.2) is 4.39 Å². The molecule has 0 aliphatic rings. The fraction of sp³-hybridized carbons (Fsp3) is 0.400. The first-order valence-electron chi connectivity index (χ1n) is 12.0. The van der Waals surface area contributed by atoms with Crippen LogP contribution < -0.4 is 9.05 Å². The van der Waals surface area contributed by atoms with Gasteiger partial charge < -0.3 is 14.2 Å². The number of aromatic hydroxyl groups is 1. The summed E-state index contributed by atoms with van der Waals surface area (Å²) in [7, 11) is -0.333. The maximum atomic E-state index is 13.3. The van der Waals surface area contributed by atoms with E-state index in [4.69, 9.17) is 9.05 Å². The van der Waals surface area contributed by atoms with E-state index >= 15 is 0 Å². The average Bonchev–Trinajstić information content (AvgIpc) is 2.74.